The molecule has 2 N–H and O–H groups in total. The molecule has 1 saturated heterocycles. The van der Waals surface area contributed by atoms with Crippen molar-refractivity contribution in [3.63, 3.8) is 0 Å². The highest BCUT2D eigenvalue weighted by Crippen LogP contribution is 2.23. The molecule has 3 amide bonds. The zero-order chi connectivity index (χ0) is 26.0. The Bertz CT molecular complexity index is 900. The summed E-state index contributed by atoms with van der Waals surface area (Å²) in [4.78, 5) is 41.5. The average molecular weight is 486 g/mol. The molecular weight excluding hydrogens is 446 g/mol. The molecule has 1 aliphatic heterocycles. The van der Waals surface area contributed by atoms with Gasteiger partial charge in [-0.25, -0.2) is 5.06 Å². The molecule has 1 heterocycles. The third-order valence-corrected chi connectivity index (χ3v) is 6.42. The van der Waals surface area contributed by atoms with Gasteiger partial charge in [0.15, 0.2) is 0 Å². The van der Waals surface area contributed by atoms with Crippen molar-refractivity contribution in [3.8, 4) is 6.07 Å². The van der Waals surface area contributed by atoms with E-state index in [0.29, 0.717) is 49.8 Å². The second-order valence-corrected chi connectivity index (χ2v) is 10.2. The zero-order valence-electron chi connectivity index (χ0n) is 21.4. The van der Waals surface area contributed by atoms with Gasteiger partial charge in [-0.1, -0.05) is 58.7 Å². The molecule has 0 saturated carbocycles. The zero-order valence-corrected chi connectivity index (χ0v) is 21.4. The summed E-state index contributed by atoms with van der Waals surface area (Å²) in [6.07, 6.45) is 2.45. The predicted molar refractivity (Wildman–Crippen MR) is 132 cm³/mol. The minimum Gasteiger partial charge on any atom is -0.344 e. The number of hydrogen-bond donors (Lipinski definition) is 2. The van der Waals surface area contributed by atoms with E-state index in [-0.39, 0.29) is 24.8 Å². The van der Waals surface area contributed by atoms with Gasteiger partial charge in [0.2, 0.25) is 18.2 Å². The predicted octanol–water partition coefficient (Wildman–Crippen LogP) is 2.39. The molecule has 9 nitrogen and oxygen atoms in total. The highest BCUT2D eigenvalue weighted by molar-refractivity contribution is 5.89. The van der Waals surface area contributed by atoms with Crippen LogP contribution in [0.3, 0.4) is 0 Å². The van der Waals surface area contributed by atoms with Gasteiger partial charge in [0.05, 0.1) is 24.1 Å². The number of benzene rings is 1. The fourth-order valence-corrected chi connectivity index (χ4v) is 4.25. The number of carbonyl (C=O) groups is 3. The topological polar surface area (TPSA) is 117 Å². The van der Waals surface area contributed by atoms with Crippen LogP contribution in [0.5, 0.6) is 0 Å². The maximum Gasteiger partial charge on any atom is 0.245 e. The van der Waals surface area contributed by atoms with Crippen LogP contribution in [-0.2, 0) is 20.9 Å². The molecule has 0 aliphatic carbocycles. The van der Waals surface area contributed by atoms with Crippen molar-refractivity contribution in [2.24, 2.45) is 11.3 Å². The first-order valence-corrected chi connectivity index (χ1v) is 12.3. The molecule has 0 radical (unpaired) electrons. The Kier molecular flexibility index (Phi) is 10.7. The highest BCUT2D eigenvalue weighted by Gasteiger charge is 2.38. The summed E-state index contributed by atoms with van der Waals surface area (Å²) in [7, 11) is 0. The first kappa shape index (κ1) is 28.3. The van der Waals surface area contributed by atoms with Crippen molar-refractivity contribution >= 4 is 18.2 Å². The van der Waals surface area contributed by atoms with Gasteiger partial charge < -0.3 is 10.2 Å². The highest BCUT2D eigenvalue weighted by atomic mass is 16.5. The lowest BCUT2D eigenvalue weighted by atomic mass is 9.85. The van der Waals surface area contributed by atoms with Crippen LogP contribution in [0.1, 0.15) is 58.1 Å². The van der Waals surface area contributed by atoms with Gasteiger partial charge in [0.25, 0.3) is 0 Å². The second-order valence-electron chi connectivity index (χ2n) is 10.2. The number of piperazine rings is 1. The van der Waals surface area contributed by atoms with Crippen molar-refractivity contribution in [2.75, 3.05) is 32.7 Å². The van der Waals surface area contributed by atoms with Crippen LogP contribution in [0, 0.1) is 22.7 Å². The smallest absolute Gasteiger partial charge is 0.245 e. The number of carbonyl (C=O) groups excluding carboxylic acids is 3. The summed E-state index contributed by atoms with van der Waals surface area (Å²) < 4.78 is 0. The maximum absolute atomic E-state index is 13.5. The van der Waals surface area contributed by atoms with Gasteiger partial charge in [-0.2, -0.15) is 5.26 Å². The summed E-state index contributed by atoms with van der Waals surface area (Å²) in [5, 5.41) is 22.4. The molecular formula is C26H39N5O4. The molecule has 2 atom stereocenters. The number of rotatable bonds is 11. The first-order chi connectivity index (χ1) is 16.6. The van der Waals surface area contributed by atoms with E-state index in [1.54, 1.807) is 4.90 Å². The Hall–Kier alpha value is -2.96. The quantitative estimate of drug-likeness (QED) is 0.282. The van der Waals surface area contributed by atoms with Crippen LogP contribution in [0.2, 0.25) is 0 Å². The first-order valence-electron chi connectivity index (χ1n) is 12.3. The molecule has 1 aromatic carbocycles. The number of nitriles is 1. The van der Waals surface area contributed by atoms with Crippen LogP contribution < -0.4 is 5.32 Å². The second kappa shape index (κ2) is 13.2. The summed E-state index contributed by atoms with van der Waals surface area (Å²) in [6.45, 7) is 10.7. The van der Waals surface area contributed by atoms with Gasteiger partial charge in [0.1, 0.15) is 6.04 Å². The Morgan fingerprint density at radius 1 is 1.23 bits per heavy atom. The van der Waals surface area contributed by atoms with E-state index in [4.69, 9.17) is 0 Å². The molecule has 1 aliphatic rings. The Morgan fingerprint density at radius 2 is 1.89 bits per heavy atom. The molecule has 2 rings (SSSR count). The molecule has 0 unspecified atom stereocenters. The number of nitrogens with zero attached hydrogens (tertiary/aromatic N) is 4. The van der Waals surface area contributed by atoms with Crippen molar-refractivity contribution in [2.45, 2.75) is 59.5 Å². The minimum absolute atomic E-state index is 0.108. The van der Waals surface area contributed by atoms with Crippen molar-refractivity contribution in [1.82, 2.24) is 20.2 Å². The van der Waals surface area contributed by atoms with E-state index < -0.39 is 17.4 Å². The molecule has 1 aromatic rings. The SMILES string of the molecule is CCCC[C@H](CN(O)C=O)C(=O)N[C@H](C(=O)N1CCN(Cc2ccccc2C#N)CC1)C(C)(C)C. The largest absolute Gasteiger partial charge is 0.344 e. The minimum atomic E-state index is -0.728. The van der Waals surface area contributed by atoms with Crippen LogP contribution in [0.4, 0.5) is 0 Å². The molecule has 9 heteroatoms. The lowest BCUT2D eigenvalue weighted by molar-refractivity contribution is -0.155. The van der Waals surface area contributed by atoms with E-state index in [2.05, 4.69) is 16.3 Å². The number of nitrogens with one attached hydrogen (secondary N) is 1. The average Bonchev–Trinajstić information content (AvgIpc) is 2.84. The molecule has 0 spiro atoms. The number of hydrogen-bond acceptors (Lipinski definition) is 6. The molecule has 192 valence electrons. The van der Waals surface area contributed by atoms with Crippen molar-refractivity contribution < 1.29 is 19.6 Å². The normalized spacial score (nSPS) is 16.2. The Balaban J connectivity index is 2.04. The molecule has 0 bridgehead atoms. The van der Waals surface area contributed by atoms with E-state index in [0.717, 1.165) is 18.4 Å². The molecule has 0 aromatic heterocycles. The lowest BCUT2D eigenvalue weighted by Crippen LogP contribution is -2.59. The molecule has 35 heavy (non-hydrogen) atoms. The van der Waals surface area contributed by atoms with Gasteiger partial charge in [-0.3, -0.25) is 24.5 Å². The third-order valence-electron chi connectivity index (χ3n) is 6.42. The van der Waals surface area contributed by atoms with E-state index in [1.165, 1.54) is 0 Å². The van der Waals surface area contributed by atoms with E-state index >= 15 is 0 Å². The maximum atomic E-state index is 13.5. The van der Waals surface area contributed by atoms with Crippen LogP contribution in [0.15, 0.2) is 24.3 Å². The monoisotopic (exact) mass is 485 g/mol. The van der Waals surface area contributed by atoms with E-state index in [1.807, 2.05) is 52.0 Å². The summed E-state index contributed by atoms with van der Waals surface area (Å²) in [5.74, 6) is -1.06. The number of hydroxylamine groups is 2. The number of amides is 3. The Labute approximate surface area is 208 Å². The van der Waals surface area contributed by atoms with Crippen molar-refractivity contribution in [1.29, 1.82) is 5.26 Å². The van der Waals surface area contributed by atoms with Crippen molar-refractivity contribution in [3.05, 3.63) is 35.4 Å². The lowest BCUT2D eigenvalue weighted by Gasteiger charge is -2.40. The van der Waals surface area contributed by atoms with Gasteiger partial charge in [-0.05, 0) is 23.5 Å². The summed E-state index contributed by atoms with van der Waals surface area (Å²) in [6, 6.07) is 9.04. The van der Waals surface area contributed by atoms with E-state index in [9.17, 15) is 24.9 Å². The van der Waals surface area contributed by atoms with Crippen LogP contribution in [-0.4, -0.2) is 77.1 Å². The van der Waals surface area contributed by atoms with Gasteiger partial charge in [0, 0.05) is 32.7 Å². The fraction of sp³-hybridized carbons (Fsp3) is 0.615. The van der Waals surface area contributed by atoms with Crippen LogP contribution in [0.25, 0.3) is 0 Å². The summed E-state index contributed by atoms with van der Waals surface area (Å²) in [5.41, 5.74) is 1.12. The van der Waals surface area contributed by atoms with Crippen LogP contribution >= 0.6 is 0 Å². The summed E-state index contributed by atoms with van der Waals surface area (Å²) >= 11 is 0. The molecule has 1 fully saturated rings. The fourth-order valence-electron chi connectivity index (χ4n) is 4.25. The number of unbranched alkanes of at least 4 members (excludes halogenated alkanes) is 1. The Morgan fingerprint density at radius 3 is 2.46 bits per heavy atom. The van der Waals surface area contributed by atoms with Gasteiger partial charge >= 0.3 is 0 Å². The standard InChI is InChI=1S/C26H39N5O4/c1-5-6-9-22(18-31(35)19-32)24(33)28-23(26(2,3)4)25(34)30-14-12-29(13-15-30)17-21-11-8-7-10-20(21)16-27/h7-8,10-11,19,22-23,35H,5-6,9,12-15,17-18H2,1-4H3,(H,28,33)/t22-,23-/m1/s1. The third kappa shape index (κ3) is 8.34. The van der Waals surface area contributed by atoms with Gasteiger partial charge in [-0.15, -0.1) is 0 Å².